The number of hydrogen-bond donors (Lipinski definition) is 1. The maximum absolute atomic E-state index is 12.1. The average Bonchev–Trinajstić information content (AvgIpc) is 2.63. The second-order valence-corrected chi connectivity index (χ2v) is 5.96. The van der Waals surface area contributed by atoms with Crippen molar-refractivity contribution >= 4 is 22.9 Å². The first-order valence-electron chi connectivity index (χ1n) is 6.24. The van der Waals surface area contributed by atoms with Gasteiger partial charge in [-0.1, -0.05) is 50.1 Å². The Balaban J connectivity index is 2.20. The largest absolute Gasteiger partial charge is 0.286 e. The van der Waals surface area contributed by atoms with E-state index in [-0.39, 0.29) is 11.1 Å². The lowest BCUT2D eigenvalue weighted by Gasteiger charge is -2.24. The molecule has 1 unspecified atom stereocenters. The molecule has 1 aliphatic heterocycles. The first-order chi connectivity index (χ1) is 8.66. The zero-order valence-electron chi connectivity index (χ0n) is 10.4. The van der Waals surface area contributed by atoms with Gasteiger partial charge in [-0.3, -0.25) is 14.9 Å². The van der Waals surface area contributed by atoms with E-state index in [0.717, 1.165) is 36.6 Å². The monoisotopic (exact) mass is 263 g/mol. The van der Waals surface area contributed by atoms with Crippen LogP contribution in [-0.2, 0) is 11.2 Å². The zero-order valence-corrected chi connectivity index (χ0v) is 11.3. The van der Waals surface area contributed by atoms with Gasteiger partial charge in [0.25, 0.3) is 5.24 Å². The number of nitrogens with one attached hydrogen (secondary N) is 1. The van der Waals surface area contributed by atoms with E-state index in [0.29, 0.717) is 6.42 Å². The molecule has 1 N–H and O–H groups in total. The van der Waals surface area contributed by atoms with Crippen molar-refractivity contribution in [1.82, 2.24) is 5.32 Å². The van der Waals surface area contributed by atoms with E-state index in [2.05, 4.69) is 12.2 Å². The molecule has 1 saturated heterocycles. The molecule has 4 heteroatoms. The number of carbonyl (C=O) groups is 2. The van der Waals surface area contributed by atoms with Gasteiger partial charge in [0.15, 0.2) is 0 Å². The molecule has 1 aliphatic rings. The number of unbranched alkanes of at least 4 members (excludes halogenated alkanes) is 1. The molecular weight excluding hydrogens is 246 g/mol. The van der Waals surface area contributed by atoms with E-state index in [9.17, 15) is 9.59 Å². The van der Waals surface area contributed by atoms with Gasteiger partial charge in [0.1, 0.15) is 4.75 Å². The molecular formula is C14H17NO2S. The van der Waals surface area contributed by atoms with Gasteiger partial charge in [0.05, 0.1) is 0 Å². The van der Waals surface area contributed by atoms with Crippen molar-refractivity contribution < 1.29 is 9.59 Å². The molecule has 0 bridgehead atoms. The van der Waals surface area contributed by atoms with Gasteiger partial charge >= 0.3 is 0 Å². The third-order valence-electron chi connectivity index (χ3n) is 3.18. The summed E-state index contributed by atoms with van der Waals surface area (Å²) in [6.07, 6.45) is 3.36. The summed E-state index contributed by atoms with van der Waals surface area (Å²) in [5.74, 6) is -0.130. The number of hydrogen-bond acceptors (Lipinski definition) is 3. The van der Waals surface area contributed by atoms with E-state index in [4.69, 9.17) is 0 Å². The van der Waals surface area contributed by atoms with Crippen LogP contribution >= 0.6 is 11.8 Å². The van der Waals surface area contributed by atoms with Gasteiger partial charge in [-0.25, -0.2) is 0 Å². The molecule has 1 heterocycles. The minimum Gasteiger partial charge on any atom is -0.286 e. The highest BCUT2D eigenvalue weighted by Gasteiger charge is 2.47. The molecule has 18 heavy (non-hydrogen) atoms. The van der Waals surface area contributed by atoms with Crippen molar-refractivity contribution in [2.24, 2.45) is 0 Å². The van der Waals surface area contributed by atoms with Crippen LogP contribution in [0.2, 0.25) is 0 Å². The Kier molecular flexibility index (Phi) is 4.07. The van der Waals surface area contributed by atoms with Crippen molar-refractivity contribution in [2.75, 3.05) is 0 Å². The Morgan fingerprint density at radius 1 is 1.22 bits per heavy atom. The Labute approximate surface area is 111 Å². The zero-order chi connectivity index (χ0) is 13.0. The van der Waals surface area contributed by atoms with E-state index in [1.54, 1.807) is 0 Å². The summed E-state index contributed by atoms with van der Waals surface area (Å²) in [5.41, 5.74) is 1.10. The minimum atomic E-state index is -0.603. The second kappa shape index (κ2) is 5.57. The molecule has 0 aromatic heterocycles. The lowest BCUT2D eigenvalue weighted by Crippen LogP contribution is -2.38. The molecule has 1 aromatic rings. The fourth-order valence-corrected chi connectivity index (χ4v) is 3.34. The predicted octanol–water partition coefficient (Wildman–Crippen LogP) is 3.14. The maximum atomic E-state index is 12.1. The summed E-state index contributed by atoms with van der Waals surface area (Å²) in [6, 6.07) is 9.88. The summed E-state index contributed by atoms with van der Waals surface area (Å²) < 4.78 is -0.603. The Bertz CT molecular complexity index is 446. The Hall–Kier alpha value is -1.29. The third-order valence-corrected chi connectivity index (χ3v) is 4.40. The summed E-state index contributed by atoms with van der Waals surface area (Å²) in [4.78, 5) is 23.5. The van der Waals surface area contributed by atoms with Crippen LogP contribution in [0.5, 0.6) is 0 Å². The maximum Gasteiger partial charge on any atom is 0.286 e. The van der Waals surface area contributed by atoms with Gasteiger partial charge in [-0.05, 0) is 30.2 Å². The fourth-order valence-electron chi connectivity index (χ4n) is 2.21. The summed E-state index contributed by atoms with van der Waals surface area (Å²) in [6.45, 7) is 2.09. The lowest BCUT2D eigenvalue weighted by molar-refractivity contribution is -0.121. The Morgan fingerprint density at radius 2 is 1.94 bits per heavy atom. The summed E-state index contributed by atoms with van der Waals surface area (Å²) >= 11 is 1.16. The predicted molar refractivity (Wildman–Crippen MR) is 73.5 cm³/mol. The van der Waals surface area contributed by atoms with Crippen molar-refractivity contribution in [2.45, 2.75) is 37.4 Å². The molecule has 0 radical (unpaired) electrons. The first-order valence-corrected chi connectivity index (χ1v) is 7.06. The first kappa shape index (κ1) is 13.1. The van der Waals surface area contributed by atoms with Gasteiger partial charge in [-0.2, -0.15) is 0 Å². The molecule has 2 amide bonds. The van der Waals surface area contributed by atoms with Crippen molar-refractivity contribution in [3.8, 4) is 0 Å². The SMILES string of the molecule is CCCCC1(Cc2ccccc2)SC(=O)NC1=O. The molecule has 1 fully saturated rings. The van der Waals surface area contributed by atoms with E-state index in [1.807, 2.05) is 30.3 Å². The molecule has 2 rings (SSSR count). The van der Waals surface area contributed by atoms with E-state index in [1.165, 1.54) is 0 Å². The van der Waals surface area contributed by atoms with Crippen molar-refractivity contribution in [3.63, 3.8) is 0 Å². The normalized spacial score (nSPS) is 23.2. The minimum absolute atomic E-state index is 0.130. The van der Waals surface area contributed by atoms with Crippen LogP contribution < -0.4 is 5.32 Å². The lowest BCUT2D eigenvalue weighted by atomic mass is 9.92. The van der Waals surface area contributed by atoms with Gasteiger partial charge in [0, 0.05) is 0 Å². The van der Waals surface area contributed by atoms with Gasteiger partial charge in [-0.15, -0.1) is 0 Å². The van der Waals surface area contributed by atoms with Crippen LogP contribution in [0, 0.1) is 0 Å². The standard InChI is InChI=1S/C14H17NO2S/c1-2-3-9-14(12(16)15-13(17)18-14)10-11-7-5-4-6-8-11/h4-8H,2-3,9-10H2,1H3,(H,15,16,17). The molecule has 1 atom stereocenters. The van der Waals surface area contributed by atoms with Crippen LogP contribution in [0.15, 0.2) is 30.3 Å². The van der Waals surface area contributed by atoms with E-state index >= 15 is 0 Å². The van der Waals surface area contributed by atoms with Crippen LogP contribution in [0.25, 0.3) is 0 Å². The van der Waals surface area contributed by atoms with Gasteiger partial charge < -0.3 is 0 Å². The number of rotatable bonds is 5. The van der Waals surface area contributed by atoms with E-state index < -0.39 is 4.75 Å². The highest BCUT2D eigenvalue weighted by Crippen LogP contribution is 2.39. The van der Waals surface area contributed by atoms with Gasteiger partial charge in [0.2, 0.25) is 5.91 Å². The number of imide groups is 1. The third kappa shape index (κ3) is 2.75. The topological polar surface area (TPSA) is 46.2 Å². The average molecular weight is 263 g/mol. The van der Waals surface area contributed by atoms with Crippen LogP contribution in [0.3, 0.4) is 0 Å². The molecule has 96 valence electrons. The molecule has 1 aromatic carbocycles. The van der Waals surface area contributed by atoms with Crippen LogP contribution in [-0.4, -0.2) is 15.9 Å². The Morgan fingerprint density at radius 3 is 2.50 bits per heavy atom. The summed E-state index contributed by atoms with van der Waals surface area (Å²) in [5, 5.41) is 2.21. The molecule has 0 spiro atoms. The number of benzene rings is 1. The van der Waals surface area contributed by atoms with Crippen LogP contribution in [0.1, 0.15) is 31.7 Å². The number of amides is 2. The highest BCUT2D eigenvalue weighted by atomic mass is 32.2. The molecule has 0 saturated carbocycles. The smallest absolute Gasteiger partial charge is 0.286 e. The van der Waals surface area contributed by atoms with Crippen molar-refractivity contribution in [3.05, 3.63) is 35.9 Å². The van der Waals surface area contributed by atoms with Crippen LogP contribution in [0.4, 0.5) is 4.79 Å². The highest BCUT2D eigenvalue weighted by molar-refractivity contribution is 8.16. The van der Waals surface area contributed by atoms with Crippen molar-refractivity contribution in [1.29, 1.82) is 0 Å². The quantitative estimate of drug-likeness (QED) is 0.887. The second-order valence-electron chi connectivity index (χ2n) is 4.60. The molecule has 3 nitrogen and oxygen atoms in total. The summed E-state index contributed by atoms with van der Waals surface area (Å²) in [7, 11) is 0. The number of thioether (sulfide) groups is 1. The molecule has 0 aliphatic carbocycles. The fraction of sp³-hybridized carbons (Fsp3) is 0.429. The number of carbonyl (C=O) groups excluding carboxylic acids is 2.